The third-order valence-electron chi connectivity index (χ3n) is 3.35. The summed E-state index contributed by atoms with van der Waals surface area (Å²) in [7, 11) is 0. The fourth-order valence-electron chi connectivity index (χ4n) is 2.37. The first-order valence-electron chi connectivity index (χ1n) is 6.66. The summed E-state index contributed by atoms with van der Waals surface area (Å²) < 4.78 is 5.65. The van der Waals surface area contributed by atoms with Gasteiger partial charge in [0.15, 0.2) is 0 Å². The van der Waals surface area contributed by atoms with Crippen molar-refractivity contribution in [2.24, 2.45) is 5.92 Å². The Labute approximate surface area is 118 Å². The highest BCUT2D eigenvalue weighted by atomic mass is 35.5. The fourth-order valence-corrected chi connectivity index (χ4v) is 2.48. The standard InChI is InChI=1S/C14H19ClN2O2/c1-10-3-2-4-12(7-10)19-9-14(18)17-11-5-6-13(15)16-8-11/h5-6,8,10,12H,2-4,7,9H2,1H3,(H,17,18)/t10-,12-/m0/s1. The van der Waals surface area contributed by atoms with Crippen LogP contribution in [0.1, 0.15) is 32.6 Å². The van der Waals surface area contributed by atoms with E-state index in [0.717, 1.165) is 12.8 Å². The Bertz CT molecular complexity index is 422. The lowest BCUT2D eigenvalue weighted by Gasteiger charge is -2.26. The number of rotatable bonds is 4. The van der Waals surface area contributed by atoms with E-state index in [4.69, 9.17) is 16.3 Å². The predicted molar refractivity (Wildman–Crippen MR) is 75.2 cm³/mol. The summed E-state index contributed by atoms with van der Waals surface area (Å²) in [6.45, 7) is 2.33. The van der Waals surface area contributed by atoms with Gasteiger partial charge in [0.2, 0.25) is 5.91 Å². The Morgan fingerprint density at radius 2 is 2.37 bits per heavy atom. The summed E-state index contributed by atoms with van der Waals surface area (Å²) in [5, 5.41) is 3.14. The van der Waals surface area contributed by atoms with Gasteiger partial charge in [-0.25, -0.2) is 4.98 Å². The number of carbonyl (C=O) groups excluding carboxylic acids is 1. The minimum Gasteiger partial charge on any atom is -0.368 e. The van der Waals surface area contributed by atoms with Crippen LogP contribution in [0.25, 0.3) is 0 Å². The summed E-state index contributed by atoms with van der Waals surface area (Å²) >= 11 is 5.68. The molecule has 0 bridgehead atoms. The molecule has 1 aliphatic carbocycles. The van der Waals surface area contributed by atoms with Crippen molar-refractivity contribution in [3.05, 3.63) is 23.5 Å². The molecule has 2 rings (SSSR count). The minimum atomic E-state index is -0.151. The van der Waals surface area contributed by atoms with Crippen LogP contribution in [0.4, 0.5) is 5.69 Å². The number of amides is 1. The third kappa shape index (κ3) is 4.80. The largest absolute Gasteiger partial charge is 0.368 e. The number of aromatic nitrogens is 1. The van der Waals surface area contributed by atoms with Crippen LogP contribution in [0, 0.1) is 5.92 Å². The molecule has 5 heteroatoms. The summed E-state index contributed by atoms with van der Waals surface area (Å²) in [5.74, 6) is 0.546. The van der Waals surface area contributed by atoms with Gasteiger partial charge in [0.05, 0.1) is 18.0 Å². The van der Waals surface area contributed by atoms with Gasteiger partial charge in [0.1, 0.15) is 11.8 Å². The Balaban J connectivity index is 1.73. The van der Waals surface area contributed by atoms with Crippen molar-refractivity contribution >= 4 is 23.2 Å². The second-order valence-electron chi connectivity index (χ2n) is 5.12. The van der Waals surface area contributed by atoms with Crippen LogP contribution in [0.15, 0.2) is 18.3 Å². The molecule has 4 nitrogen and oxygen atoms in total. The number of carbonyl (C=O) groups is 1. The minimum absolute atomic E-state index is 0.0972. The molecule has 1 aromatic heterocycles. The topological polar surface area (TPSA) is 51.2 Å². The molecule has 104 valence electrons. The molecule has 0 unspecified atom stereocenters. The van der Waals surface area contributed by atoms with Crippen molar-refractivity contribution in [3.63, 3.8) is 0 Å². The Morgan fingerprint density at radius 1 is 1.53 bits per heavy atom. The van der Waals surface area contributed by atoms with Crippen molar-refractivity contribution in [2.45, 2.75) is 38.7 Å². The predicted octanol–water partition coefficient (Wildman–Crippen LogP) is 3.27. The lowest BCUT2D eigenvalue weighted by Crippen LogP contribution is -2.26. The van der Waals surface area contributed by atoms with Crippen molar-refractivity contribution in [1.82, 2.24) is 4.98 Å². The zero-order chi connectivity index (χ0) is 13.7. The van der Waals surface area contributed by atoms with Crippen LogP contribution in [-0.2, 0) is 9.53 Å². The van der Waals surface area contributed by atoms with Gasteiger partial charge < -0.3 is 10.1 Å². The Kier molecular flexibility index (Phi) is 5.16. The van der Waals surface area contributed by atoms with E-state index >= 15 is 0 Å². The van der Waals surface area contributed by atoms with E-state index in [1.54, 1.807) is 12.1 Å². The van der Waals surface area contributed by atoms with Gasteiger partial charge in [-0.15, -0.1) is 0 Å². The molecule has 1 saturated carbocycles. The van der Waals surface area contributed by atoms with Crippen LogP contribution < -0.4 is 5.32 Å². The number of nitrogens with one attached hydrogen (secondary N) is 1. The Morgan fingerprint density at radius 3 is 3.05 bits per heavy atom. The molecule has 1 N–H and O–H groups in total. The van der Waals surface area contributed by atoms with E-state index in [9.17, 15) is 4.79 Å². The highest BCUT2D eigenvalue weighted by Gasteiger charge is 2.20. The first-order chi connectivity index (χ1) is 9.13. The molecule has 1 aliphatic rings. The van der Waals surface area contributed by atoms with Crippen molar-refractivity contribution in [3.8, 4) is 0 Å². The lowest BCUT2D eigenvalue weighted by atomic mass is 9.89. The second-order valence-corrected chi connectivity index (χ2v) is 5.51. The maximum absolute atomic E-state index is 11.7. The molecular weight excluding hydrogens is 264 g/mol. The average Bonchev–Trinajstić information content (AvgIpc) is 2.39. The zero-order valence-corrected chi connectivity index (χ0v) is 11.8. The van der Waals surface area contributed by atoms with Crippen LogP contribution in [0.2, 0.25) is 5.15 Å². The third-order valence-corrected chi connectivity index (χ3v) is 3.57. The quantitative estimate of drug-likeness (QED) is 0.862. The van der Waals surface area contributed by atoms with E-state index in [0.29, 0.717) is 16.8 Å². The maximum Gasteiger partial charge on any atom is 0.250 e. The molecule has 1 aromatic rings. The van der Waals surface area contributed by atoms with Gasteiger partial charge in [-0.1, -0.05) is 31.4 Å². The van der Waals surface area contributed by atoms with Gasteiger partial charge in [-0.05, 0) is 30.9 Å². The van der Waals surface area contributed by atoms with Crippen LogP contribution in [-0.4, -0.2) is 23.6 Å². The number of nitrogens with zero attached hydrogens (tertiary/aromatic N) is 1. The number of anilines is 1. The molecule has 1 amide bonds. The van der Waals surface area contributed by atoms with Gasteiger partial charge in [0.25, 0.3) is 0 Å². The summed E-state index contributed by atoms with van der Waals surface area (Å²) in [5.41, 5.74) is 0.634. The first kappa shape index (κ1) is 14.3. The maximum atomic E-state index is 11.7. The molecule has 0 aliphatic heterocycles. The molecule has 0 spiro atoms. The van der Waals surface area contributed by atoms with Crippen LogP contribution >= 0.6 is 11.6 Å². The second kappa shape index (κ2) is 6.87. The highest BCUT2D eigenvalue weighted by Crippen LogP contribution is 2.25. The SMILES string of the molecule is C[C@H]1CCC[C@H](OCC(=O)Nc2ccc(Cl)nc2)C1. The van der Waals surface area contributed by atoms with Crippen LogP contribution in [0.3, 0.4) is 0 Å². The van der Waals surface area contributed by atoms with E-state index in [-0.39, 0.29) is 18.6 Å². The summed E-state index contributed by atoms with van der Waals surface area (Å²) in [4.78, 5) is 15.6. The monoisotopic (exact) mass is 282 g/mol. The summed E-state index contributed by atoms with van der Waals surface area (Å²) in [6, 6.07) is 3.36. The van der Waals surface area contributed by atoms with E-state index < -0.39 is 0 Å². The highest BCUT2D eigenvalue weighted by molar-refractivity contribution is 6.29. The first-order valence-corrected chi connectivity index (χ1v) is 7.04. The molecule has 19 heavy (non-hydrogen) atoms. The van der Waals surface area contributed by atoms with E-state index in [2.05, 4.69) is 17.2 Å². The molecule has 1 heterocycles. The fraction of sp³-hybridized carbons (Fsp3) is 0.571. The molecule has 2 atom stereocenters. The number of hydrogen-bond acceptors (Lipinski definition) is 3. The molecule has 1 fully saturated rings. The number of hydrogen-bond donors (Lipinski definition) is 1. The van der Waals surface area contributed by atoms with E-state index in [1.807, 2.05) is 0 Å². The van der Waals surface area contributed by atoms with Crippen LogP contribution in [0.5, 0.6) is 0 Å². The lowest BCUT2D eigenvalue weighted by molar-refractivity contribution is -0.123. The normalized spacial score (nSPS) is 23.1. The molecule has 0 radical (unpaired) electrons. The van der Waals surface area contributed by atoms with Gasteiger partial charge in [-0.3, -0.25) is 4.79 Å². The average molecular weight is 283 g/mol. The van der Waals surface area contributed by atoms with Gasteiger partial charge >= 0.3 is 0 Å². The molecule has 0 aromatic carbocycles. The molecular formula is C14H19ClN2O2. The zero-order valence-electron chi connectivity index (χ0n) is 11.1. The van der Waals surface area contributed by atoms with Gasteiger partial charge in [-0.2, -0.15) is 0 Å². The van der Waals surface area contributed by atoms with Crippen molar-refractivity contribution in [1.29, 1.82) is 0 Å². The number of pyridine rings is 1. The summed E-state index contributed by atoms with van der Waals surface area (Å²) in [6.07, 6.45) is 6.31. The number of halogens is 1. The smallest absolute Gasteiger partial charge is 0.250 e. The van der Waals surface area contributed by atoms with Crippen molar-refractivity contribution < 1.29 is 9.53 Å². The number of ether oxygens (including phenoxy) is 1. The van der Waals surface area contributed by atoms with Crippen molar-refractivity contribution in [2.75, 3.05) is 11.9 Å². The van der Waals surface area contributed by atoms with Gasteiger partial charge in [0, 0.05) is 0 Å². The van der Waals surface area contributed by atoms with E-state index in [1.165, 1.54) is 19.0 Å². The molecule has 0 saturated heterocycles. The Hall–Kier alpha value is -1.13.